The van der Waals surface area contributed by atoms with Gasteiger partial charge in [-0.25, -0.2) is 9.97 Å². The Hall–Kier alpha value is -0.880. The van der Waals surface area contributed by atoms with Crippen LogP contribution in [0.25, 0.3) is 0 Å². The summed E-state index contributed by atoms with van der Waals surface area (Å²) in [6.45, 7) is 4.61. The van der Waals surface area contributed by atoms with Gasteiger partial charge >= 0.3 is 0 Å². The van der Waals surface area contributed by atoms with E-state index in [0.29, 0.717) is 12.1 Å². The zero-order chi connectivity index (χ0) is 13.2. The number of aromatic nitrogens is 2. The SMILES string of the molecule is CCNc1ncnc(N2CCOC3CCCC32)c1Br. The molecular formula is C13H19BrN4O. The predicted molar refractivity (Wildman–Crippen MR) is 78.6 cm³/mol. The van der Waals surface area contributed by atoms with E-state index in [0.717, 1.165) is 35.8 Å². The van der Waals surface area contributed by atoms with Gasteiger partial charge in [0.1, 0.15) is 22.4 Å². The second kappa shape index (κ2) is 5.63. The van der Waals surface area contributed by atoms with Crippen molar-refractivity contribution < 1.29 is 4.74 Å². The lowest BCUT2D eigenvalue weighted by Gasteiger charge is -2.39. The van der Waals surface area contributed by atoms with E-state index in [-0.39, 0.29) is 0 Å². The van der Waals surface area contributed by atoms with Gasteiger partial charge in [0.2, 0.25) is 0 Å². The molecule has 2 fully saturated rings. The lowest BCUT2D eigenvalue weighted by Crippen LogP contribution is -2.49. The number of halogens is 1. The summed E-state index contributed by atoms with van der Waals surface area (Å²) in [4.78, 5) is 11.1. The molecule has 3 rings (SSSR count). The van der Waals surface area contributed by atoms with Crippen LogP contribution in [-0.4, -0.2) is 41.8 Å². The summed E-state index contributed by atoms with van der Waals surface area (Å²) in [6, 6.07) is 0.467. The molecule has 0 spiro atoms. The maximum absolute atomic E-state index is 5.86. The van der Waals surface area contributed by atoms with Crippen molar-refractivity contribution in [1.29, 1.82) is 0 Å². The predicted octanol–water partition coefficient (Wildman–Crippen LogP) is 2.43. The molecule has 1 aliphatic carbocycles. The molecule has 1 aliphatic heterocycles. The molecule has 6 heteroatoms. The molecule has 2 unspecified atom stereocenters. The van der Waals surface area contributed by atoms with Gasteiger partial charge in [-0.05, 0) is 42.1 Å². The highest BCUT2D eigenvalue weighted by atomic mass is 79.9. The van der Waals surface area contributed by atoms with E-state index in [1.54, 1.807) is 6.33 Å². The third kappa shape index (κ3) is 2.43. The minimum atomic E-state index is 0.373. The topological polar surface area (TPSA) is 50.3 Å². The normalized spacial score (nSPS) is 26.3. The van der Waals surface area contributed by atoms with E-state index >= 15 is 0 Å². The number of nitrogens with zero attached hydrogens (tertiary/aromatic N) is 3. The monoisotopic (exact) mass is 326 g/mol. The van der Waals surface area contributed by atoms with Crippen LogP contribution in [0.5, 0.6) is 0 Å². The molecule has 1 saturated heterocycles. The van der Waals surface area contributed by atoms with Crippen molar-refractivity contribution in [2.75, 3.05) is 29.9 Å². The van der Waals surface area contributed by atoms with Gasteiger partial charge in [0.25, 0.3) is 0 Å². The Bertz CT molecular complexity index is 456. The summed E-state index contributed by atoms with van der Waals surface area (Å²) in [5.41, 5.74) is 0. The summed E-state index contributed by atoms with van der Waals surface area (Å²) in [6.07, 6.45) is 5.62. The highest BCUT2D eigenvalue weighted by molar-refractivity contribution is 9.10. The Morgan fingerprint density at radius 2 is 2.37 bits per heavy atom. The molecule has 1 N–H and O–H groups in total. The van der Waals surface area contributed by atoms with Crippen LogP contribution in [0.1, 0.15) is 26.2 Å². The van der Waals surface area contributed by atoms with Crippen molar-refractivity contribution in [3.05, 3.63) is 10.8 Å². The van der Waals surface area contributed by atoms with Crippen LogP contribution in [-0.2, 0) is 4.74 Å². The van der Waals surface area contributed by atoms with E-state index in [9.17, 15) is 0 Å². The van der Waals surface area contributed by atoms with Crippen molar-refractivity contribution in [3.8, 4) is 0 Å². The molecule has 2 atom stereocenters. The maximum Gasteiger partial charge on any atom is 0.148 e. The Balaban J connectivity index is 1.90. The number of hydrogen-bond acceptors (Lipinski definition) is 5. The number of hydrogen-bond donors (Lipinski definition) is 1. The summed E-state index contributed by atoms with van der Waals surface area (Å²) < 4.78 is 6.82. The van der Waals surface area contributed by atoms with Crippen LogP contribution < -0.4 is 10.2 Å². The quantitative estimate of drug-likeness (QED) is 0.924. The van der Waals surface area contributed by atoms with Crippen LogP contribution in [0.15, 0.2) is 10.8 Å². The van der Waals surface area contributed by atoms with Gasteiger partial charge in [0, 0.05) is 13.1 Å². The highest BCUT2D eigenvalue weighted by Gasteiger charge is 2.37. The average molecular weight is 327 g/mol. The van der Waals surface area contributed by atoms with Gasteiger partial charge < -0.3 is 15.0 Å². The lowest BCUT2D eigenvalue weighted by atomic mass is 10.1. The zero-order valence-electron chi connectivity index (χ0n) is 11.1. The van der Waals surface area contributed by atoms with E-state index in [1.165, 1.54) is 19.3 Å². The fourth-order valence-electron chi connectivity index (χ4n) is 3.04. The highest BCUT2D eigenvalue weighted by Crippen LogP contribution is 2.37. The molecule has 5 nitrogen and oxygen atoms in total. The van der Waals surface area contributed by atoms with Gasteiger partial charge in [0.15, 0.2) is 0 Å². The fraction of sp³-hybridized carbons (Fsp3) is 0.692. The molecule has 1 saturated carbocycles. The number of ether oxygens (including phenoxy) is 1. The molecule has 2 heterocycles. The Kier molecular flexibility index (Phi) is 3.88. The van der Waals surface area contributed by atoms with E-state index in [2.05, 4.69) is 43.0 Å². The molecule has 2 aliphatic rings. The van der Waals surface area contributed by atoms with Gasteiger partial charge in [-0.15, -0.1) is 0 Å². The average Bonchev–Trinajstić information content (AvgIpc) is 2.90. The molecule has 0 aromatic carbocycles. The van der Waals surface area contributed by atoms with Crippen molar-refractivity contribution in [3.63, 3.8) is 0 Å². The minimum Gasteiger partial charge on any atom is -0.374 e. The fourth-order valence-corrected chi connectivity index (χ4v) is 3.61. The minimum absolute atomic E-state index is 0.373. The largest absolute Gasteiger partial charge is 0.374 e. The Morgan fingerprint density at radius 1 is 1.47 bits per heavy atom. The van der Waals surface area contributed by atoms with Crippen LogP contribution >= 0.6 is 15.9 Å². The van der Waals surface area contributed by atoms with E-state index < -0.39 is 0 Å². The van der Waals surface area contributed by atoms with Crippen LogP contribution in [0.2, 0.25) is 0 Å². The standard InChI is InChI=1S/C13H19BrN4O/c1-2-15-12-11(14)13(17-8-16-12)18-6-7-19-10-5-3-4-9(10)18/h8-10H,2-7H2,1H3,(H,15,16,17). The molecule has 0 radical (unpaired) electrons. The van der Waals surface area contributed by atoms with Crippen LogP contribution in [0.4, 0.5) is 11.6 Å². The third-order valence-corrected chi connectivity index (χ3v) is 4.60. The first-order valence-corrected chi connectivity index (χ1v) is 7.73. The van der Waals surface area contributed by atoms with Crippen LogP contribution in [0, 0.1) is 0 Å². The molecule has 0 amide bonds. The Morgan fingerprint density at radius 3 is 3.21 bits per heavy atom. The number of rotatable bonds is 3. The van der Waals surface area contributed by atoms with Crippen molar-refractivity contribution >= 4 is 27.6 Å². The van der Waals surface area contributed by atoms with Gasteiger partial charge in [-0.1, -0.05) is 0 Å². The van der Waals surface area contributed by atoms with E-state index in [4.69, 9.17) is 4.74 Å². The number of morpholine rings is 1. The van der Waals surface area contributed by atoms with Gasteiger partial charge in [-0.2, -0.15) is 0 Å². The Labute approximate surface area is 121 Å². The zero-order valence-corrected chi connectivity index (χ0v) is 12.7. The molecular weight excluding hydrogens is 308 g/mol. The first kappa shape index (κ1) is 13.1. The summed E-state index contributed by atoms with van der Waals surface area (Å²) >= 11 is 3.64. The lowest BCUT2D eigenvalue weighted by molar-refractivity contribution is 0.0252. The number of anilines is 2. The summed E-state index contributed by atoms with van der Waals surface area (Å²) in [5, 5.41) is 3.26. The second-order valence-electron chi connectivity index (χ2n) is 4.99. The maximum atomic E-state index is 5.86. The smallest absolute Gasteiger partial charge is 0.148 e. The van der Waals surface area contributed by atoms with Crippen molar-refractivity contribution in [1.82, 2.24) is 9.97 Å². The van der Waals surface area contributed by atoms with Gasteiger partial charge in [0.05, 0.1) is 18.8 Å². The summed E-state index contributed by atoms with van der Waals surface area (Å²) in [5.74, 6) is 1.86. The molecule has 104 valence electrons. The van der Waals surface area contributed by atoms with Gasteiger partial charge in [-0.3, -0.25) is 0 Å². The summed E-state index contributed by atoms with van der Waals surface area (Å²) in [7, 11) is 0. The van der Waals surface area contributed by atoms with Crippen molar-refractivity contribution in [2.45, 2.75) is 38.3 Å². The molecule has 1 aromatic rings. The third-order valence-electron chi connectivity index (χ3n) is 3.87. The number of fused-ring (bicyclic) bond motifs is 1. The molecule has 19 heavy (non-hydrogen) atoms. The first-order valence-electron chi connectivity index (χ1n) is 6.94. The number of nitrogens with one attached hydrogen (secondary N) is 1. The van der Waals surface area contributed by atoms with E-state index in [1.807, 2.05) is 0 Å². The van der Waals surface area contributed by atoms with Crippen LogP contribution in [0.3, 0.4) is 0 Å². The second-order valence-corrected chi connectivity index (χ2v) is 5.78. The first-order chi connectivity index (χ1) is 9.31. The molecule has 0 bridgehead atoms. The van der Waals surface area contributed by atoms with Crippen molar-refractivity contribution in [2.24, 2.45) is 0 Å². The molecule has 1 aromatic heterocycles.